The molecule has 0 saturated heterocycles. The summed E-state index contributed by atoms with van der Waals surface area (Å²) in [6.07, 6.45) is 2.68. The zero-order chi connectivity index (χ0) is 12.0. The fourth-order valence-electron chi connectivity index (χ4n) is 1.87. The van der Waals surface area contributed by atoms with Gasteiger partial charge in [0.05, 0.1) is 12.2 Å². The van der Waals surface area contributed by atoms with Gasteiger partial charge in [0, 0.05) is 5.56 Å². The van der Waals surface area contributed by atoms with Crippen molar-refractivity contribution in [3.63, 3.8) is 0 Å². The summed E-state index contributed by atoms with van der Waals surface area (Å²) in [5.74, 6) is 0.808. The summed E-state index contributed by atoms with van der Waals surface area (Å²) in [6, 6.07) is 7.75. The van der Waals surface area contributed by atoms with Gasteiger partial charge in [0.25, 0.3) is 0 Å². The lowest BCUT2D eigenvalue weighted by Crippen LogP contribution is -2.21. The van der Waals surface area contributed by atoms with E-state index < -0.39 is 5.60 Å². The van der Waals surface area contributed by atoms with Crippen LogP contribution in [0.3, 0.4) is 0 Å². The van der Waals surface area contributed by atoms with Crippen LogP contribution in [0, 0.1) is 0 Å². The van der Waals surface area contributed by atoms with Gasteiger partial charge in [-0.1, -0.05) is 38.5 Å². The molecule has 0 aliphatic carbocycles. The molecule has 0 aliphatic rings. The van der Waals surface area contributed by atoms with Gasteiger partial charge in [-0.2, -0.15) is 0 Å². The molecule has 0 aliphatic heterocycles. The second-order valence-electron chi connectivity index (χ2n) is 4.37. The number of para-hydroxylation sites is 1. The molecule has 2 nitrogen and oxygen atoms in total. The van der Waals surface area contributed by atoms with E-state index in [1.165, 1.54) is 0 Å². The van der Waals surface area contributed by atoms with Gasteiger partial charge in [-0.15, -0.1) is 0 Å². The van der Waals surface area contributed by atoms with Gasteiger partial charge >= 0.3 is 0 Å². The Morgan fingerprint density at radius 3 is 2.50 bits per heavy atom. The molecule has 0 radical (unpaired) electrons. The first-order chi connectivity index (χ1) is 7.61. The molecule has 90 valence electrons. The molecular formula is C14H22O2. The van der Waals surface area contributed by atoms with Gasteiger partial charge in [0.15, 0.2) is 0 Å². The van der Waals surface area contributed by atoms with Crippen molar-refractivity contribution < 1.29 is 9.84 Å². The third kappa shape index (κ3) is 3.24. The molecule has 0 aromatic heterocycles. The number of benzene rings is 1. The molecule has 0 amide bonds. The monoisotopic (exact) mass is 222 g/mol. The standard InChI is InChI=1S/C14H22O2/c1-4-10-14(3,15)12-8-6-7-9-13(12)16-11-5-2/h6-9,15H,4-5,10-11H2,1-3H3. The molecular weight excluding hydrogens is 200 g/mol. The summed E-state index contributed by atoms with van der Waals surface area (Å²) in [6.45, 7) is 6.70. The third-order valence-electron chi connectivity index (χ3n) is 2.67. The zero-order valence-corrected chi connectivity index (χ0v) is 10.5. The average molecular weight is 222 g/mol. The van der Waals surface area contributed by atoms with Crippen molar-refractivity contribution in [2.75, 3.05) is 6.61 Å². The van der Waals surface area contributed by atoms with Gasteiger partial charge in [-0.05, 0) is 25.8 Å². The van der Waals surface area contributed by atoms with Crippen LogP contribution in [0.25, 0.3) is 0 Å². The molecule has 16 heavy (non-hydrogen) atoms. The van der Waals surface area contributed by atoms with Crippen LogP contribution in [0.15, 0.2) is 24.3 Å². The summed E-state index contributed by atoms with van der Waals surface area (Å²) in [4.78, 5) is 0. The van der Waals surface area contributed by atoms with Crippen LogP contribution in [0.2, 0.25) is 0 Å². The highest BCUT2D eigenvalue weighted by molar-refractivity contribution is 5.37. The fourth-order valence-corrected chi connectivity index (χ4v) is 1.87. The first-order valence-corrected chi connectivity index (χ1v) is 6.06. The Kier molecular flexibility index (Phi) is 4.81. The summed E-state index contributed by atoms with van der Waals surface area (Å²) in [5.41, 5.74) is 0.101. The first kappa shape index (κ1) is 13.0. The minimum atomic E-state index is -0.793. The van der Waals surface area contributed by atoms with Crippen LogP contribution in [-0.2, 0) is 5.60 Å². The van der Waals surface area contributed by atoms with Crippen molar-refractivity contribution in [3.05, 3.63) is 29.8 Å². The third-order valence-corrected chi connectivity index (χ3v) is 2.67. The van der Waals surface area contributed by atoms with Gasteiger partial charge in [-0.3, -0.25) is 0 Å². The van der Waals surface area contributed by atoms with Crippen molar-refractivity contribution in [1.82, 2.24) is 0 Å². The zero-order valence-electron chi connectivity index (χ0n) is 10.5. The first-order valence-electron chi connectivity index (χ1n) is 6.06. The molecule has 1 N–H and O–H groups in total. The van der Waals surface area contributed by atoms with Gasteiger partial charge < -0.3 is 9.84 Å². The molecule has 0 bridgehead atoms. The smallest absolute Gasteiger partial charge is 0.125 e. The highest BCUT2D eigenvalue weighted by atomic mass is 16.5. The van der Waals surface area contributed by atoms with Crippen molar-refractivity contribution in [2.24, 2.45) is 0 Å². The van der Waals surface area contributed by atoms with Crippen LogP contribution in [0.4, 0.5) is 0 Å². The van der Waals surface area contributed by atoms with Crippen LogP contribution in [-0.4, -0.2) is 11.7 Å². The van der Waals surface area contributed by atoms with E-state index in [1.54, 1.807) is 0 Å². The Bertz CT molecular complexity index is 318. The summed E-state index contributed by atoms with van der Waals surface area (Å²) in [5, 5.41) is 10.4. The predicted octanol–water partition coefficient (Wildman–Crippen LogP) is 3.48. The van der Waals surface area contributed by atoms with E-state index in [0.717, 1.165) is 30.6 Å². The SMILES string of the molecule is CCCOc1ccccc1C(C)(O)CCC. The Morgan fingerprint density at radius 1 is 1.19 bits per heavy atom. The molecule has 0 saturated carbocycles. The second kappa shape index (κ2) is 5.90. The van der Waals surface area contributed by atoms with E-state index in [4.69, 9.17) is 4.74 Å². The summed E-state index contributed by atoms with van der Waals surface area (Å²) < 4.78 is 5.66. The molecule has 2 heteroatoms. The topological polar surface area (TPSA) is 29.5 Å². The number of hydrogen-bond acceptors (Lipinski definition) is 2. The van der Waals surface area contributed by atoms with E-state index in [2.05, 4.69) is 13.8 Å². The van der Waals surface area contributed by atoms with Crippen LogP contribution in [0.5, 0.6) is 5.75 Å². The lowest BCUT2D eigenvalue weighted by atomic mass is 9.91. The second-order valence-corrected chi connectivity index (χ2v) is 4.37. The lowest BCUT2D eigenvalue weighted by molar-refractivity contribution is 0.0437. The van der Waals surface area contributed by atoms with E-state index in [9.17, 15) is 5.11 Å². The van der Waals surface area contributed by atoms with E-state index >= 15 is 0 Å². The quantitative estimate of drug-likeness (QED) is 0.798. The average Bonchev–Trinajstić information content (AvgIpc) is 2.26. The van der Waals surface area contributed by atoms with Crippen LogP contribution < -0.4 is 4.74 Å². The van der Waals surface area contributed by atoms with Crippen molar-refractivity contribution in [1.29, 1.82) is 0 Å². The Hall–Kier alpha value is -1.02. The molecule has 1 atom stereocenters. The molecule has 0 heterocycles. The number of ether oxygens (including phenoxy) is 1. The number of rotatable bonds is 6. The maximum Gasteiger partial charge on any atom is 0.125 e. The summed E-state index contributed by atoms with van der Waals surface area (Å²) in [7, 11) is 0. The molecule has 1 rings (SSSR count). The van der Waals surface area contributed by atoms with Crippen molar-refractivity contribution in [3.8, 4) is 5.75 Å². The largest absolute Gasteiger partial charge is 0.493 e. The van der Waals surface area contributed by atoms with E-state index in [-0.39, 0.29) is 0 Å². The predicted molar refractivity (Wildman–Crippen MR) is 66.7 cm³/mol. The summed E-state index contributed by atoms with van der Waals surface area (Å²) >= 11 is 0. The molecule has 1 aromatic carbocycles. The minimum Gasteiger partial charge on any atom is -0.493 e. The maximum atomic E-state index is 10.4. The Morgan fingerprint density at radius 2 is 1.88 bits per heavy atom. The Labute approximate surface area is 98.3 Å². The molecule has 1 aromatic rings. The molecule has 0 fully saturated rings. The molecule has 1 unspecified atom stereocenters. The fraction of sp³-hybridized carbons (Fsp3) is 0.571. The van der Waals surface area contributed by atoms with Crippen molar-refractivity contribution in [2.45, 2.75) is 45.6 Å². The van der Waals surface area contributed by atoms with Gasteiger partial charge in [0.1, 0.15) is 5.75 Å². The Balaban J connectivity index is 2.93. The van der Waals surface area contributed by atoms with Gasteiger partial charge in [-0.25, -0.2) is 0 Å². The maximum absolute atomic E-state index is 10.4. The van der Waals surface area contributed by atoms with E-state index in [1.807, 2.05) is 31.2 Å². The van der Waals surface area contributed by atoms with Crippen LogP contribution >= 0.6 is 0 Å². The highest BCUT2D eigenvalue weighted by Crippen LogP contribution is 2.33. The lowest BCUT2D eigenvalue weighted by Gasteiger charge is -2.25. The highest BCUT2D eigenvalue weighted by Gasteiger charge is 2.25. The number of hydrogen-bond donors (Lipinski definition) is 1. The number of aliphatic hydroxyl groups is 1. The minimum absolute atomic E-state index is 0.694. The van der Waals surface area contributed by atoms with Crippen LogP contribution in [0.1, 0.15) is 45.6 Å². The normalized spacial score (nSPS) is 14.5. The van der Waals surface area contributed by atoms with E-state index in [0.29, 0.717) is 6.61 Å². The molecule has 0 spiro atoms. The van der Waals surface area contributed by atoms with Crippen molar-refractivity contribution >= 4 is 0 Å². The van der Waals surface area contributed by atoms with Gasteiger partial charge in [0.2, 0.25) is 0 Å².